The van der Waals surface area contributed by atoms with Crippen LogP contribution >= 0.6 is 0 Å². The number of nitrogens with zero attached hydrogens (tertiary/aromatic N) is 1. The Kier molecular flexibility index (Phi) is 8.44. The molecule has 1 aliphatic rings. The summed E-state index contributed by atoms with van der Waals surface area (Å²) in [6.45, 7) is -0.296. The number of esters is 1. The Bertz CT molecular complexity index is 1510. The molecule has 0 saturated carbocycles. The van der Waals surface area contributed by atoms with E-state index in [4.69, 9.17) is 18.9 Å². The SMILES string of the molecule is COc1ccccc1Oc1ccc(N2C[C@H](C(=O)OCC(=O)Nc3ccc(Oc4ccccc4)cc3)CC2=O)cc1. The summed E-state index contributed by atoms with van der Waals surface area (Å²) < 4.78 is 22.1. The third-order valence-electron chi connectivity index (χ3n) is 6.37. The minimum absolute atomic E-state index is 0.00277. The van der Waals surface area contributed by atoms with E-state index in [0.29, 0.717) is 40.1 Å². The van der Waals surface area contributed by atoms with Gasteiger partial charge < -0.3 is 29.2 Å². The Morgan fingerprint density at radius 2 is 1.39 bits per heavy atom. The van der Waals surface area contributed by atoms with Crippen molar-refractivity contribution in [2.24, 2.45) is 5.92 Å². The minimum atomic E-state index is -0.672. The van der Waals surface area contributed by atoms with Gasteiger partial charge in [0.05, 0.1) is 13.0 Å². The molecular weight excluding hydrogens is 524 g/mol. The van der Waals surface area contributed by atoms with Gasteiger partial charge >= 0.3 is 5.97 Å². The lowest BCUT2D eigenvalue weighted by Crippen LogP contribution is -2.28. The molecule has 1 aliphatic heterocycles. The van der Waals surface area contributed by atoms with Crippen LogP contribution in [-0.4, -0.2) is 38.0 Å². The van der Waals surface area contributed by atoms with E-state index in [1.165, 1.54) is 4.90 Å². The maximum Gasteiger partial charge on any atom is 0.311 e. The summed E-state index contributed by atoms with van der Waals surface area (Å²) in [5.74, 6) is 1.12. The molecule has 9 heteroatoms. The molecule has 4 aromatic carbocycles. The van der Waals surface area contributed by atoms with Crippen molar-refractivity contribution in [2.75, 3.05) is 30.5 Å². The molecule has 5 rings (SSSR count). The molecule has 1 fully saturated rings. The molecule has 208 valence electrons. The summed E-state index contributed by atoms with van der Waals surface area (Å²) in [6.07, 6.45) is 0.00277. The van der Waals surface area contributed by atoms with Crippen molar-refractivity contribution in [3.8, 4) is 28.7 Å². The fraction of sp³-hybridized carbons (Fsp3) is 0.156. The highest BCUT2D eigenvalue weighted by Crippen LogP contribution is 2.33. The average molecular weight is 553 g/mol. The monoisotopic (exact) mass is 552 g/mol. The zero-order chi connectivity index (χ0) is 28.6. The van der Waals surface area contributed by atoms with Crippen LogP contribution in [0.4, 0.5) is 11.4 Å². The van der Waals surface area contributed by atoms with Gasteiger partial charge in [-0.2, -0.15) is 0 Å². The number of para-hydroxylation sites is 3. The number of methoxy groups -OCH3 is 1. The number of hydrogen-bond acceptors (Lipinski definition) is 7. The zero-order valence-corrected chi connectivity index (χ0v) is 22.3. The van der Waals surface area contributed by atoms with Gasteiger partial charge in [-0.15, -0.1) is 0 Å². The quantitative estimate of drug-likeness (QED) is 0.248. The summed E-state index contributed by atoms with van der Waals surface area (Å²) in [7, 11) is 1.57. The average Bonchev–Trinajstić information content (AvgIpc) is 3.39. The number of amides is 2. The molecule has 0 radical (unpaired) electrons. The van der Waals surface area contributed by atoms with Crippen LogP contribution in [0, 0.1) is 5.92 Å². The minimum Gasteiger partial charge on any atom is -0.493 e. The highest BCUT2D eigenvalue weighted by Gasteiger charge is 2.36. The highest BCUT2D eigenvalue weighted by molar-refractivity contribution is 6.00. The van der Waals surface area contributed by atoms with Crippen molar-refractivity contribution >= 4 is 29.2 Å². The first-order chi connectivity index (χ1) is 20.0. The molecule has 2 amide bonds. The summed E-state index contributed by atoms with van der Waals surface area (Å²) in [5, 5.41) is 2.68. The van der Waals surface area contributed by atoms with E-state index >= 15 is 0 Å². The lowest BCUT2D eigenvalue weighted by molar-refractivity contribution is -0.151. The van der Waals surface area contributed by atoms with E-state index in [1.807, 2.05) is 42.5 Å². The van der Waals surface area contributed by atoms with E-state index in [1.54, 1.807) is 67.8 Å². The second-order valence-corrected chi connectivity index (χ2v) is 9.25. The highest BCUT2D eigenvalue weighted by atomic mass is 16.5. The largest absolute Gasteiger partial charge is 0.493 e. The lowest BCUT2D eigenvalue weighted by atomic mass is 10.1. The van der Waals surface area contributed by atoms with Gasteiger partial charge in [-0.25, -0.2) is 0 Å². The molecule has 9 nitrogen and oxygen atoms in total. The van der Waals surface area contributed by atoms with Gasteiger partial charge in [-0.05, 0) is 72.8 Å². The zero-order valence-electron chi connectivity index (χ0n) is 22.3. The molecular formula is C32H28N2O7. The van der Waals surface area contributed by atoms with Gasteiger partial charge in [-0.3, -0.25) is 14.4 Å². The summed E-state index contributed by atoms with van der Waals surface area (Å²) in [5.41, 5.74) is 1.17. The normalized spacial score (nSPS) is 14.3. The van der Waals surface area contributed by atoms with Gasteiger partial charge in [0, 0.05) is 24.3 Å². The third kappa shape index (κ3) is 7.02. The first kappa shape index (κ1) is 27.3. The maximum absolute atomic E-state index is 12.7. The van der Waals surface area contributed by atoms with Crippen LogP contribution in [0.3, 0.4) is 0 Å². The standard InChI is InChI=1S/C32H28N2O7/c1-38-28-9-5-6-10-29(28)41-27-17-13-24(14-18-27)34-20-22(19-31(34)36)32(37)39-21-30(35)33-23-11-15-26(16-12-23)40-25-7-3-2-4-8-25/h2-18,22H,19-21H2,1H3,(H,33,35)/t22-/m1/s1. The van der Waals surface area contributed by atoms with Crippen molar-refractivity contribution in [1.29, 1.82) is 0 Å². The van der Waals surface area contributed by atoms with Crippen molar-refractivity contribution in [2.45, 2.75) is 6.42 Å². The molecule has 1 N–H and O–H groups in total. The number of nitrogens with one attached hydrogen (secondary N) is 1. The van der Waals surface area contributed by atoms with Crippen molar-refractivity contribution in [3.05, 3.63) is 103 Å². The summed E-state index contributed by atoms with van der Waals surface area (Å²) >= 11 is 0. The number of benzene rings is 4. The van der Waals surface area contributed by atoms with Crippen LogP contribution in [0.15, 0.2) is 103 Å². The van der Waals surface area contributed by atoms with Gasteiger partial charge in [0.25, 0.3) is 5.91 Å². The number of anilines is 2. The van der Waals surface area contributed by atoms with Crippen LogP contribution in [0.5, 0.6) is 28.7 Å². The fourth-order valence-corrected chi connectivity index (χ4v) is 4.32. The number of ether oxygens (including phenoxy) is 4. The van der Waals surface area contributed by atoms with Crippen LogP contribution in [0.25, 0.3) is 0 Å². The van der Waals surface area contributed by atoms with Crippen LogP contribution in [-0.2, 0) is 19.1 Å². The number of hydrogen-bond donors (Lipinski definition) is 1. The number of rotatable bonds is 10. The molecule has 1 heterocycles. The number of carbonyl (C=O) groups excluding carboxylic acids is 3. The first-order valence-electron chi connectivity index (χ1n) is 13.0. The second-order valence-electron chi connectivity index (χ2n) is 9.25. The molecule has 41 heavy (non-hydrogen) atoms. The predicted octanol–water partition coefficient (Wildman–Crippen LogP) is 5.81. The predicted molar refractivity (Wildman–Crippen MR) is 153 cm³/mol. The van der Waals surface area contributed by atoms with Crippen molar-refractivity contribution in [1.82, 2.24) is 0 Å². The Hall–Kier alpha value is -5.31. The van der Waals surface area contributed by atoms with Crippen LogP contribution in [0.1, 0.15) is 6.42 Å². The molecule has 4 aromatic rings. The Balaban J connectivity index is 1.09. The first-order valence-corrected chi connectivity index (χ1v) is 13.0. The lowest BCUT2D eigenvalue weighted by Gasteiger charge is -2.17. The Morgan fingerprint density at radius 1 is 0.780 bits per heavy atom. The van der Waals surface area contributed by atoms with E-state index < -0.39 is 24.4 Å². The van der Waals surface area contributed by atoms with Crippen molar-refractivity contribution in [3.63, 3.8) is 0 Å². The molecule has 0 bridgehead atoms. The summed E-state index contributed by atoms with van der Waals surface area (Å²) in [6, 6.07) is 30.5. The van der Waals surface area contributed by atoms with Crippen LogP contribution in [0.2, 0.25) is 0 Å². The smallest absolute Gasteiger partial charge is 0.311 e. The van der Waals surface area contributed by atoms with E-state index in [0.717, 1.165) is 0 Å². The Labute approximate surface area is 237 Å². The molecule has 0 unspecified atom stereocenters. The topological polar surface area (TPSA) is 103 Å². The van der Waals surface area contributed by atoms with Gasteiger partial charge in [0.2, 0.25) is 5.91 Å². The van der Waals surface area contributed by atoms with Crippen LogP contribution < -0.4 is 24.4 Å². The third-order valence-corrected chi connectivity index (χ3v) is 6.37. The molecule has 0 spiro atoms. The van der Waals surface area contributed by atoms with E-state index in [9.17, 15) is 14.4 Å². The molecule has 1 atom stereocenters. The van der Waals surface area contributed by atoms with Gasteiger partial charge in [-0.1, -0.05) is 30.3 Å². The van der Waals surface area contributed by atoms with Gasteiger partial charge in [0.1, 0.15) is 17.2 Å². The molecule has 0 aliphatic carbocycles. The molecule has 1 saturated heterocycles. The summed E-state index contributed by atoms with van der Waals surface area (Å²) in [4.78, 5) is 39.2. The second kappa shape index (κ2) is 12.7. The number of carbonyl (C=O) groups is 3. The fourth-order valence-electron chi connectivity index (χ4n) is 4.32. The van der Waals surface area contributed by atoms with E-state index in [-0.39, 0.29) is 18.9 Å². The van der Waals surface area contributed by atoms with Crippen molar-refractivity contribution < 1.29 is 33.3 Å². The van der Waals surface area contributed by atoms with Gasteiger partial charge in [0.15, 0.2) is 18.1 Å². The molecule has 0 aromatic heterocycles. The van der Waals surface area contributed by atoms with E-state index in [2.05, 4.69) is 5.32 Å². The maximum atomic E-state index is 12.7. The Morgan fingerprint density at radius 3 is 2.10 bits per heavy atom.